The molecule has 11 nitrogen and oxygen atoms in total. The van der Waals surface area contributed by atoms with Gasteiger partial charge in [0.05, 0.1) is 6.10 Å². The second kappa shape index (κ2) is 14.2. The third kappa shape index (κ3) is 10.8. The van der Waals surface area contributed by atoms with Crippen LogP contribution in [0.15, 0.2) is 0 Å². The largest absolute Gasteiger partial charge is 0.480 e. The normalized spacial score (nSPS) is 22.5. The van der Waals surface area contributed by atoms with Gasteiger partial charge in [0.2, 0.25) is 11.8 Å². The molecule has 31 heavy (non-hydrogen) atoms. The van der Waals surface area contributed by atoms with E-state index in [-0.39, 0.29) is 29.9 Å². The molecule has 7 N–H and O–H groups in total. The Morgan fingerprint density at radius 1 is 1.23 bits per heavy atom. The number of hydrogen-bond acceptors (Lipinski definition) is 8. The summed E-state index contributed by atoms with van der Waals surface area (Å²) in [4.78, 5) is 46.1. The quantitative estimate of drug-likeness (QED) is 0.175. The maximum atomic E-state index is 12.4. The van der Waals surface area contributed by atoms with Gasteiger partial charge >= 0.3 is 11.9 Å². The Hall–Kier alpha value is -1.89. The summed E-state index contributed by atoms with van der Waals surface area (Å²) in [6.45, 7) is 1.49. The lowest BCUT2D eigenvalue weighted by molar-refractivity contribution is -0.139. The smallest absolute Gasteiger partial charge is 0.322 e. The van der Waals surface area contributed by atoms with E-state index in [1.807, 2.05) is 0 Å². The fourth-order valence-electron chi connectivity index (χ4n) is 3.09. The Bertz CT molecular complexity index is 621. The van der Waals surface area contributed by atoms with Crippen molar-refractivity contribution < 1.29 is 39.2 Å². The van der Waals surface area contributed by atoms with E-state index in [9.17, 15) is 24.3 Å². The number of carbonyl (C=O) groups is 4. The number of carboxylic acid groups (broad SMARTS) is 2. The number of aliphatic carboxylic acids is 2. The van der Waals surface area contributed by atoms with Gasteiger partial charge in [0.1, 0.15) is 18.6 Å². The zero-order chi connectivity index (χ0) is 23.4. The van der Waals surface area contributed by atoms with Crippen LogP contribution in [0.4, 0.5) is 0 Å². The summed E-state index contributed by atoms with van der Waals surface area (Å²) in [6, 6.07) is -2.22. The van der Waals surface area contributed by atoms with Crippen molar-refractivity contribution >= 4 is 35.5 Å². The molecule has 1 aliphatic rings. The molecule has 1 heterocycles. The number of nitrogens with one attached hydrogen (secondary N) is 2. The molecule has 0 aromatic carbocycles. The van der Waals surface area contributed by atoms with Crippen molar-refractivity contribution in [1.82, 2.24) is 10.6 Å². The first-order chi connectivity index (χ1) is 14.6. The van der Waals surface area contributed by atoms with Gasteiger partial charge < -0.3 is 36.4 Å². The van der Waals surface area contributed by atoms with Crippen molar-refractivity contribution in [2.24, 2.45) is 5.73 Å². The molecule has 0 radical (unpaired) electrons. The van der Waals surface area contributed by atoms with Crippen LogP contribution in [0.25, 0.3) is 0 Å². The fraction of sp³-hybridized carbons (Fsp3) is 0.789. The van der Waals surface area contributed by atoms with Crippen LogP contribution >= 0.6 is 11.8 Å². The molecular weight excluding hydrogens is 430 g/mol. The fourth-order valence-corrected chi connectivity index (χ4v) is 4.48. The Balaban J connectivity index is 2.67. The number of amides is 2. The highest BCUT2D eigenvalue weighted by molar-refractivity contribution is 8.00. The molecule has 1 saturated heterocycles. The van der Waals surface area contributed by atoms with Gasteiger partial charge in [-0.05, 0) is 12.8 Å². The van der Waals surface area contributed by atoms with Gasteiger partial charge in [0, 0.05) is 23.8 Å². The number of ether oxygens (including phenoxy) is 1. The van der Waals surface area contributed by atoms with E-state index in [1.165, 1.54) is 11.8 Å². The van der Waals surface area contributed by atoms with Crippen molar-refractivity contribution in [1.29, 1.82) is 0 Å². The van der Waals surface area contributed by atoms with Crippen molar-refractivity contribution in [3.05, 3.63) is 0 Å². The molecule has 1 fully saturated rings. The number of thioether (sulfide) groups is 1. The summed E-state index contributed by atoms with van der Waals surface area (Å²) < 4.78 is 5.56. The summed E-state index contributed by atoms with van der Waals surface area (Å²) in [5.74, 6) is -3.52. The molecule has 2 amide bonds. The van der Waals surface area contributed by atoms with Gasteiger partial charge in [-0.2, -0.15) is 11.8 Å². The first-order valence-electron chi connectivity index (χ1n) is 10.4. The Labute approximate surface area is 185 Å². The average Bonchev–Trinajstić information content (AvgIpc) is 3.06. The molecule has 1 aliphatic heterocycles. The summed E-state index contributed by atoms with van der Waals surface area (Å²) in [5, 5.41) is 32.1. The van der Waals surface area contributed by atoms with Gasteiger partial charge in [-0.15, -0.1) is 0 Å². The van der Waals surface area contributed by atoms with Crippen LogP contribution in [0, 0.1) is 0 Å². The maximum absolute atomic E-state index is 12.4. The predicted molar refractivity (Wildman–Crippen MR) is 113 cm³/mol. The molecular formula is C19H33N3O8S. The molecule has 1 rings (SSSR count). The van der Waals surface area contributed by atoms with Crippen molar-refractivity contribution in [3.8, 4) is 0 Å². The van der Waals surface area contributed by atoms with Crippen LogP contribution in [0.1, 0.15) is 51.9 Å². The highest BCUT2D eigenvalue weighted by Gasteiger charge is 2.35. The maximum Gasteiger partial charge on any atom is 0.322 e. The lowest BCUT2D eigenvalue weighted by Crippen LogP contribution is -2.50. The minimum atomic E-state index is -1.23. The van der Waals surface area contributed by atoms with Crippen LogP contribution in [0.2, 0.25) is 0 Å². The standard InChI is InChI=1S/C19H33N3O8S/c1-2-3-4-5-13-14(8-17(26)30-13)31-10-12(18(27)21-9-16(24)25)22-15(23)7-6-11(20)19(28)29/h11-14,17,26H,2-10,20H2,1H3,(H,21,27)(H,22,23)(H,24,25)(H,28,29)/t11-,12+,13?,14+,17?/m1/s1. The molecule has 0 spiro atoms. The predicted octanol–water partition coefficient (Wildman–Crippen LogP) is -0.346. The third-order valence-corrected chi connectivity index (χ3v) is 6.26. The number of aliphatic hydroxyl groups is 1. The monoisotopic (exact) mass is 463 g/mol. The lowest BCUT2D eigenvalue weighted by Gasteiger charge is -2.22. The molecule has 0 aliphatic carbocycles. The highest BCUT2D eigenvalue weighted by Crippen LogP contribution is 2.33. The zero-order valence-corrected chi connectivity index (χ0v) is 18.4. The van der Waals surface area contributed by atoms with Crippen molar-refractivity contribution in [2.45, 2.75) is 81.6 Å². The second-order valence-electron chi connectivity index (χ2n) is 7.45. The van der Waals surface area contributed by atoms with Crippen LogP contribution in [-0.4, -0.2) is 81.1 Å². The summed E-state index contributed by atoms with van der Waals surface area (Å²) in [5.41, 5.74) is 5.39. The van der Waals surface area contributed by atoms with Gasteiger partial charge in [-0.1, -0.05) is 26.2 Å². The average molecular weight is 464 g/mol. The number of rotatable bonds is 15. The molecule has 12 heteroatoms. The molecule has 5 atom stereocenters. The zero-order valence-electron chi connectivity index (χ0n) is 17.6. The van der Waals surface area contributed by atoms with Gasteiger partial charge in [-0.3, -0.25) is 19.2 Å². The number of nitrogens with two attached hydrogens (primary N) is 1. The number of carboxylic acids is 2. The second-order valence-corrected chi connectivity index (χ2v) is 8.72. The molecule has 0 aromatic rings. The van der Waals surface area contributed by atoms with E-state index in [2.05, 4.69) is 17.6 Å². The minimum Gasteiger partial charge on any atom is -0.480 e. The van der Waals surface area contributed by atoms with E-state index < -0.39 is 48.7 Å². The van der Waals surface area contributed by atoms with E-state index in [0.29, 0.717) is 6.42 Å². The first-order valence-corrected chi connectivity index (χ1v) is 11.4. The van der Waals surface area contributed by atoms with Gasteiger partial charge in [0.25, 0.3) is 0 Å². The van der Waals surface area contributed by atoms with E-state index >= 15 is 0 Å². The van der Waals surface area contributed by atoms with Crippen LogP contribution < -0.4 is 16.4 Å². The van der Waals surface area contributed by atoms with Crippen LogP contribution in [-0.2, 0) is 23.9 Å². The van der Waals surface area contributed by atoms with E-state index in [1.54, 1.807) is 0 Å². The summed E-state index contributed by atoms with van der Waals surface area (Å²) in [7, 11) is 0. The van der Waals surface area contributed by atoms with E-state index in [0.717, 1.165) is 25.7 Å². The Morgan fingerprint density at radius 2 is 1.94 bits per heavy atom. The number of aliphatic hydroxyl groups excluding tert-OH is 1. The minimum absolute atomic E-state index is 0.0704. The van der Waals surface area contributed by atoms with Gasteiger partial charge in [0.15, 0.2) is 6.29 Å². The number of unbranched alkanes of at least 4 members (excludes halogenated alkanes) is 2. The molecule has 178 valence electrons. The Kier molecular flexibility index (Phi) is 12.5. The topological polar surface area (TPSA) is 188 Å². The molecule has 0 aromatic heterocycles. The SMILES string of the molecule is CCCCCC1OC(O)C[C@@H]1SC[C@H](NC(=O)CC[C@@H](N)C(=O)O)C(=O)NCC(=O)O. The molecule has 2 unspecified atom stereocenters. The van der Waals surface area contributed by atoms with Crippen molar-refractivity contribution in [3.63, 3.8) is 0 Å². The lowest BCUT2D eigenvalue weighted by atomic mass is 10.1. The van der Waals surface area contributed by atoms with Gasteiger partial charge in [-0.25, -0.2) is 0 Å². The molecule has 0 bridgehead atoms. The van der Waals surface area contributed by atoms with Crippen molar-refractivity contribution in [2.75, 3.05) is 12.3 Å². The third-order valence-electron chi connectivity index (χ3n) is 4.81. The summed E-state index contributed by atoms with van der Waals surface area (Å²) >= 11 is 1.37. The van der Waals surface area contributed by atoms with Crippen LogP contribution in [0.5, 0.6) is 0 Å². The van der Waals surface area contributed by atoms with E-state index in [4.69, 9.17) is 20.7 Å². The highest BCUT2D eigenvalue weighted by atomic mass is 32.2. The number of carbonyl (C=O) groups excluding carboxylic acids is 2. The first kappa shape index (κ1) is 27.1. The van der Waals surface area contributed by atoms with Crippen LogP contribution in [0.3, 0.4) is 0 Å². The Morgan fingerprint density at radius 3 is 2.55 bits per heavy atom. The summed E-state index contributed by atoms with van der Waals surface area (Å²) in [6.07, 6.45) is 2.89. The number of hydrogen-bond donors (Lipinski definition) is 6. The molecule has 0 saturated carbocycles.